The second-order valence-corrected chi connectivity index (χ2v) is 10.5. The molecule has 0 bridgehead atoms. The van der Waals surface area contributed by atoms with Crippen molar-refractivity contribution in [1.29, 1.82) is 0 Å². The lowest BCUT2D eigenvalue weighted by molar-refractivity contribution is 0.173. The Morgan fingerprint density at radius 3 is 2.00 bits per heavy atom. The van der Waals surface area contributed by atoms with Crippen LogP contribution in [0.1, 0.15) is 18.9 Å². The van der Waals surface area contributed by atoms with Crippen LogP contribution >= 0.6 is 0 Å². The van der Waals surface area contributed by atoms with Gasteiger partial charge in [0, 0.05) is 5.56 Å². The first-order valence-corrected chi connectivity index (χ1v) is 10.4. The predicted octanol–water partition coefficient (Wildman–Crippen LogP) is 3.33. The van der Waals surface area contributed by atoms with Gasteiger partial charge in [-0.05, 0) is 18.6 Å². The Bertz CT molecular complexity index is 638. The highest BCUT2D eigenvalue weighted by molar-refractivity contribution is 6.92. The molecule has 1 nitrogen and oxygen atoms in total. The van der Waals surface area contributed by atoms with Crippen LogP contribution in [-0.2, 0) is 0 Å². The summed E-state index contributed by atoms with van der Waals surface area (Å²) in [4.78, 5) is 0. The third-order valence-electron chi connectivity index (χ3n) is 4.23. The van der Waals surface area contributed by atoms with Crippen LogP contribution in [0.3, 0.4) is 0 Å². The van der Waals surface area contributed by atoms with E-state index in [1.807, 2.05) is 55.5 Å². The molecule has 2 aromatic carbocycles. The van der Waals surface area contributed by atoms with Gasteiger partial charge in [0.1, 0.15) is 13.3 Å². The number of benzene rings is 2. The minimum Gasteiger partial charge on any atom is -0.381 e. The van der Waals surface area contributed by atoms with Crippen molar-refractivity contribution in [3.63, 3.8) is 0 Å². The van der Waals surface area contributed by atoms with Gasteiger partial charge >= 0.3 is 0 Å². The molecule has 0 radical (unpaired) electrons. The van der Waals surface area contributed by atoms with E-state index in [2.05, 4.69) is 37.1 Å². The summed E-state index contributed by atoms with van der Waals surface area (Å²) in [6, 6.07) is 20.1. The number of rotatable bonds is 3. The third kappa shape index (κ3) is 3.26. The Morgan fingerprint density at radius 1 is 0.952 bits per heavy atom. The van der Waals surface area contributed by atoms with Crippen molar-refractivity contribution in [2.75, 3.05) is 0 Å². The standard InChI is InChI=1S/C19H22OSi/c1-4-19(20,16-15-17-11-7-5-8-12-17)21(2,3)18-13-9-6-10-14-18/h5-14,20H,4H2,1-3H3/t19-/m1/s1. The van der Waals surface area contributed by atoms with E-state index in [1.54, 1.807) is 0 Å². The van der Waals surface area contributed by atoms with E-state index in [0.29, 0.717) is 6.42 Å². The molecule has 0 aliphatic rings. The fourth-order valence-electron chi connectivity index (χ4n) is 2.48. The molecule has 1 N–H and O–H groups in total. The summed E-state index contributed by atoms with van der Waals surface area (Å²) in [7, 11) is -2.10. The summed E-state index contributed by atoms with van der Waals surface area (Å²) >= 11 is 0. The summed E-state index contributed by atoms with van der Waals surface area (Å²) in [5, 5.41) is 11.5. The van der Waals surface area contributed by atoms with Crippen LogP contribution in [0.15, 0.2) is 60.7 Å². The maximum Gasteiger partial charge on any atom is 0.132 e. The van der Waals surface area contributed by atoms with Crippen LogP contribution in [0, 0.1) is 11.8 Å². The van der Waals surface area contributed by atoms with Crippen LogP contribution in [0.5, 0.6) is 0 Å². The highest BCUT2D eigenvalue weighted by Crippen LogP contribution is 2.24. The molecule has 1 atom stereocenters. The van der Waals surface area contributed by atoms with Gasteiger partial charge in [-0.1, -0.05) is 85.6 Å². The van der Waals surface area contributed by atoms with E-state index < -0.39 is 13.3 Å². The average Bonchev–Trinajstić information content (AvgIpc) is 2.54. The van der Waals surface area contributed by atoms with E-state index in [1.165, 1.54) is 5.19 Å². The second kappa shape index (κ2) is 6.30. The topological polar surface area (TPSA) is 20.2 Å². The summed E-state index contributed by atoms with van der Waals surface area (Å²) in [5.74, 6) is 6.31. The molecule has 0 aromatic heterocycles. The summed E-state index contributed by atoms with van der Waals surface area (Å²) in [5.41, 5.74) is 0.947. The molecular formula is C19H22OSi. The number of hydrogen-bond acceptors (Lipinski definition) is 1. The minimum absolute atomic E-state index is 0.640. The molecule has 2 rings (SSSR count). The zero-order valence-corrected chi connectivity index (χ0v) is 13.9. The van der Waals surface area contributed by atoms with E-state index >= 15 is 0 Å². The fourth-order valence-corrected chi connectivity index (χ4v) is 5.24. The molecule has 2 aromatic rings. The van der Waals surface area contributed by atoms with Crippen molar-refractivity contribution in [1.82, 2.24) is 0 Å². The van der Waals surface area contributed by atoms with E-state index in [4.69, 9.17) is 0 Å². The third-order valence-corrected chi connectivity index (χ3v) is 8.55. The highest BCUT2D eigenvalue weighted by Gasteiger charge is 2.44. The molecule has 0 amide bonds. The lowest BCUT2D eigenvalue weighted by atomic mass is 10.2. The zero-order valence-electron chi connectivity index (χ0n) is 12.9. The highest BCUT2D eigenvalue weighted by atomic mass is 28.3. The average molecular weight is 294 g/mol. The van der Waals surface area contributed by atoms with Gasteiger partial charge in [-0.25, -0.2) is 0 Å². The van der Waals surface area contributed by atoms with Gasteiger partial charge in [-0.2, -0.15) is 0 Å². The van der Waals surface area contributed by atoms with Crippen LogP contribution in [0.25, 0.3) is 0 Å². The van der Waals surface area contributed by atoms with E-state index in [9.17, 15) is 5.11 Å². The largest absolute Gasteiger partial charge is 0.381 e. The van der Waals surface area contributed by atoms with E-state index in [-0.39, 0.29) is 0 Å². The predicted molar refractivity (Wildman–Crippen MR) is 92.1 cm³/mol. The lowest BCUT2D eigenvalue weighted by Crippen LogP contribution is -2.61. The van der Waals surface area contributed by atoms with Crippen LogP contribution in [0.2, 0.25) is 13.1 Å². The molecule has 0 unspecified atom stereocenters. The Hall–Kier alpha value is -1.82. The van der Waals surface area contributed by atoms with Crippen LogP contribution in [-0.4, -0.2) is 18.4 Å². The molecule has 0 saturated heterocycles. The maximum atomic E-state index is 11.2. The molecule has 0 spiro atoms. The fraction of sp³-hybridized carbons (Fsp3) is 0.263. The Labute approximate surface area is 128 Å². The Morgan fingerprint density at radius 2 is 1.48 bits per heavy atom. The van der Waals surface area contributed by atoms with Crippen molar-refractivity contribution in [3.05, 3.63) is 66.2 Å². The number of hydrogen-bond donors (Lipinski definition) is 1. The maximum absolute atomic E-state index is 11.2. The summed E-state index contributed by atoms with van der Waals surface area (Å²) in [6.45, 7) is 6.38. The van der Waals surface area contributed by atoms with Gasteiger partial charge < -0.3 is 5.11 Å². The normalized spacial score (nSPS) is 13.9. The van der Waals surface area contributed by atoms with Gasteiger partial charge in [0.2, 0.25) is 0 Å². The van der Waals surface area contributed by atoms with E-state index in [0.717, 1.165) is 5.56 Å². The van der Waals surface area contributed by atoms with Crippen molar-refractivity contribution >= 4 is 13.3 Å². The summed E-state index contributed by atoms with van der Waals surface area (Å²) < 4.78 is 0. The molecule has 21 heavy (non-hydrogen) atoms. The van der Waals surface area contributed by atoms with Crippen LogP contribution < -0.4 is 5.19 Å². The molecule has 0 aliphatic carbocycles. The Balaban J connectivity index is 2.40. The van der Waals surface area contributed by atoms with Crippen LogP contribution in [0.4, 0.5) is 0 Å². The van der Waals surface area contributed by atoms with Gasteiger partial charge in [-0.15, -0.1) is 0 Å². The van der Waals surface area contributed by atoms with Gasteiger partial charge in [-0.3, -0.25) is 0 Å². The zero-order chi connectivity index (χ0) is 15.3. The van der Waals surface area contributed by atoms with Crippen molar-refractivity contribution in [3.8, 4) is 11.8 Å². The molecule has 0 aliphatic heterocycles. The van der Waals surface area contributed by atoms with Gasteiger partial charge in [0.15, 0.2) is 0 Å². The van der Waals surface area contributed by atoms with Crippen molar-refractivity contribution in [2.45, 2.75) is 31.7 Å². The summed E-state index contributed by atoms with van der Waals surface area (Å²) in [6.07, 6.45) is 0.640. The SMILES string of the molecule is CC[C@](O)(C#Cc1ccccc1)[Si](C)(C)c1ccccc1. The van der Waals surface area contributed by atoms with Crippen molar-refractivity contribution < 1.29 is 5.11 Å². The smallest absolute Gasteiger partial charge is 0.132 e. The Kier molecular flexibility index (Phi) is 4.67. The molecule has 0 saturated carbocycles. The van der Waals surface area contributed by atoms with Crippen molar-refractivity contribution in [2.24, 2.45) is 0 Å². The second-order valence-electron chi connectivity index (χ2n) is 5.82. The molecular weight excluding hydrogens is 272 g/mol. The van der Waals surface area contributed by atoms with Gasteiger partial charge in [0.25, 0.3) is 0 Å². The monoisotopic (exact) mass is 294 g/mol. The molecule has 2 heteroatoms. The molecule has 0 fully saturated rings. The molecule has 108 valence electrons. The van der Waals surface area contributed by atoms with Gasteiger partial charge in [0.05, 0.1) is 0 Å². The molecule has 0 heterocycles. The quantitative estimate of drug-likeness (QED) is 0.680. The first kappa shape index (κ1) is 15.6. The minimum atomic E-state index is -2.10. The first-order valence-electron chi connectivity index (χ1n) is 7.36. The number of aliphatic hydroxyl groups is 1. The lowest BCUT2D eigenvalue weighted by Gasteiger charge is -2.37. The first-order chi connectivity index (χ1) is 9.99.